The van der Waals surface area contributed by atoms with E-state index >= 15 is 0 Å². The first kappa shape index (κ1) is 19.4. The molecule has 7 nitrogen and oxygen atoms in total. The highest BCUT2D eigenvalue weighted by Gasteiger charge is 2.17. The van der Waals surface area contributed by atoms with Crippen molar-refractivity contribution < 1.29 is 28.4 Å². The molecule has 0 saturated carbocycles. The summed E-state index contributed by atoms with van der Waals surface area (Å²) < 4.78 is 21.6. The summed E-state index contributed by atoms with van der Waals surface area (Å²) in [5.74, 6) is -0.564. The summed E-state index contributed by atoms with van der Waals surface area (Å²) in [5, 5.41) is 3.90. The lowest BCUT2D eigenvalue weighted by Crippen LogP contribution is -2.21. The summed E-state index contributed by atoms with van der Waals surface area (Å²) in [5.41, 5.74) is 0.288. The highest BCUT2D eigenvalue weighted by Crippen LogP contribution is 2.36. The molecule has 3 aromatic rings. The van der Waals surface area contributed by atoms with Gasteiger partial charge in [0.15, 0.2) is 0 Å². The fourth-order valence-corrected chi connectivity index (χ4v) is 3.33. The summed E-state index contributed by atoms with van der Waals surface area (Å²) >= 11 is 3.34. The number of hydrogen-bond acceptors (Lipinski definition) is 6. The molecular formula is C18H13BrNO6P-2. The molecule has 27 heavy (non-hydrogen) atoms. The SMILES string of the molecule is COc1ccccc1NC(=O)c1cc2cc(Br)ccc2cc1OP(=O)([O-])[O-]. The first-order chi connectivity index (χ1) is 12.8. The number of methoxy groups -OCH3 is 1. The van der Waals surface area contributed by atoms with E-state index in [1.165, 1.54) is 19.2 Å². The van der Waals surface area contributed by atoms with E-state index in [1.807, 2.05) is 0 Å². The zero-order valence-corrected chi connectivity index (χ0v) is 16.5. The van der Waals surface area contributed by atoms with E-state index in [4.69, 9.17) is 4.74 Å². The van der Waals surface area contributed by atoms with Crippen LogP contribution < -0.4 is 24.4 Å². The minimum absolute atomic E-state index is 0.0987. The molecule has 0 aliphatic carbocycles. The van der Waals surface area contributed by atoms with Crippen LogP contribution in [0.15, 0.2) is 59.1 Å². The number of fused-ring (bicyclic) bond motifs is 1. The Hall–Kier alpha value is -2.38. The summed E-state index contributed by atoms with van der Waals surface area (Å²) in [4.78, 5) is 35.0. The monoisotopic (exact) mass is 449 g/mol. The molecule has 1 N–H and O–H groups in total. The molecule has 0 aliphatic heterocycles. The topological polar surface area (TPSA) is 111 Å². The number of rotatable bonds is 5. The maximum atomic E-state index is 12.8. The van der Waals surface area contributed by atoms with Gasteiger partial charge >= 0.3 is 0 Å². The van der Waals surface area contributed by atoms with E-state index in [1.54, 1.807) is 42.5 Å². The number of carbonyl (C=O) groups excluding carboxylic acids is 1. The standard InChI is InChI=1S/C18H15BrNO6P/c1-25-16-5-3-2-4-15(16)20-18(21)14-9-12-8-13(19)7-6-11(12)10-17(14)26-27(22,23)24/h2-10H,1H3,(H,20,21)(H2,22,23,24)/p-2. The van der Waals surface area contributed by atoms with E-state index in [-0.39, 0.29) is 11.3 Å². The van der Waals surface area contributed by atoms with Gasteiger partial charge in [0.1, 0.15) is 19.3 Å². The van der Waals surface area contributed by atoms with Crippen LogP contribution in [0.1, 0.15) is 10.4 Å². The molecule has 0 heterocycles. The molecule has 3 aromatic carbocycles. The van der Waals surface area contributed by atoms with Crippen molar-refractivity contribution in [3.05, 3.63) is 64.6 Å². The van der Waals surface area contributed by atoms with Gasteiger partial charge in [-0.15, -0.1) is 0 Å². The number of benzene rings is 3. The molecule has 0 aromatic heterocycles. The number of halogens is 1. The average molecular weight is 450 g/mol. The number of phosphoric acid groups is 1. The number of para-hydroxylation sites is 2. The van der Waals surface area contributed by atoms with Gasteiger partial charge in [-0.25, -0.2) is 0 Å². The first-order valence-electron chi connectivity index (χ1n) is 7.66. The molecule has 9 heteroatoms. The van der Waals surface area contributed by atoms with Crippen molar-refractivity contribution in [1.29, 1.82) is 0 Å². The Morgan fingerprint density at radius 2 is 1.78 bits per heavy atom. The molecule has 140 valence electrons. The molecule has 0 saturated heterocycles. The first-order valence-corrected chi connectivity index (χ1v) is 9.91. The fourth-order valence-electron chi connectivity index (χ4n) is 2.56. The Morgan fingerprint density at radius 3 is 2.48 bits per heavy atom. The highest BCUT2D eigenvalue weighted by molar-refractivity contribution is 9.10. The van der Waals surface area contributed by atoms with E-state index in [0.717, 1.165) is 4.47 Å². The Kier molecular flexibility index (Phi) is 5.53. The summed E-state index contributed by atoms with van der Waals surface area (Å²) in [6.45, 7) is 0. The lowest BCUT2D eigenvalue weighted by Gasteiger charge is -2.30. The molecular weight excluding hydrogens is 437 g/mol. The number of amides is 1. The molecule has 0 radical (unpaired) electrons. The third-order valence-electron chi connectivity index (χ3n) is 3.71. The largest absolute Gasteiger partial charge is 0.780 e. The molecule has 0 spiro atoms. The fraction of sp³-hybridized carbons (Fsp3) is 0.0556. The lowest BCUT2D eigenvalue weighted by atomic mass is 10.1. The van der Waals surface area contributed by atoms with Crippen molar-refractivity contribution >= 4 is 46.1 Å². The van der Waals surface area contributed by atoms with Crippen LogP contribution in [0.5, 0.6) is 11.5 Å². The van der Waals surface area contributed by atoms with Gasteiger partial charge in [-0.1, -0.05) is 34.1 Å². The van der Waals surface area contributed by atoms with Gasteiger partial charge in [0.2, 0.25) is 0 Å². The van der Waals surface area contributed by atoms with Crippen LogP contribution >= 0.6 is 23.8 Å². The molecule has 0 unspecified atom stereocenters. The van der Waals surface area contributed by atoms with E-state index < -0.39 is 13.7 Å². The smallest absolute Gasteiger partial charge is 0.259 e. The van der Waals surface area contributed by atoms with Gasteiger partial charge in [0, 0.05) is 4.47 Å². The second kappa shape index (κ2) is 7.70. The lowest BCUT2D eigenvalue weighted by molar-refractivity contribution is -0.333. The Labute approximate surface area is 163 Å². The maximum absolute atomic E-state index is 12.8. The third-order valence-corrected chi connectivity index (χ3v) is 4.62. The number of nitrogens with one attached hydrogen (secondary N) is 1. The second-order valence-corrected chi connectivity index (χ2v) is 7.53. The zero-order valence-electron chi connectivity index (χ0n) is 14.0. The quantitative estimate of drug-likeness (QED) is 0.599. The second-order valence-electron chi connectivity index (χ2n) is 5.53. The molecule has 3 rings (SSSR count). The highest BCUT2D eigenvalue weighted by atomic mass is 79.9. The van der Waals surface area contributed by atoms with Crippen LogP contribution in [0.2, 0.25) is 0 Å². The Morgan fingerprint density at radius 1 is 1.04 bits per heavy atom. The molecule has 0 fully saturated rings. The van der Waals surface area contributed by atoms with Gasteiger partial charge in [-0.05, 0) is 47.2 Å². The third kappa shape index (κ3) is 4.67. The van der Waals surface area contributed by atoms with E-state index in [0.29, 0.717) is 22.2 Å². The van der Waals surface area contributed by atoms with E-state index in [2.05, 4.69) is 25.8 Å². The van der Waals surface area contributed by atoms with Gasteiger partial charge < -0.3 is 28.9 Å². The van der Waals surface area contributed by atoms with Gasteiger partial charge in [-0.3, -0.25) is 4.79 Å². The predicted molar refractivity (Wildman–Crippen MR) is 101 cm³/mol. The number of anilines is 1. The number of phosphoric ester groups is 1. The van der Waals surface area contributed by atoms with Crippen LogP contribution in [-0.4, -0.2) is 13.0 Å². The normalized spacial score (nSPS) is 11.3. The Bertz CT molecular complexity index is 1060. The van der Waals surface area contributed by atoms with Gasteiger partial charge in [0.25, 0.3) is 5.91 Å². The summed E-state index contributed by atoms with van der Waals surface area (Å²) in [6.07, 6.45) is 0. The zero-order chi connectivity index (χ0) is 19.6. The van der Waals surface area contributed by atoms with Crippen molar-refractivity contribution in [3.8, 4) is 11.5 Å². The molecule has 0 atom stereocenters. The van der Waals surface area contributed by atoms with Gasteiger partial charge in [-0.2, -0.15) is 0 Å². The molecule has 0 bridgehead atoms. The molecule has 0 aliphatic rings. The minimum atomic E-state index is -5.35. The number of carbonyl (C=O) groups is 1. The maximum Gasteiger partial charge on any atom is 0.259 e. The summed E-state index contributed by atoms with van der Waals surface area (Å²) in [6, 6.07) is 14.7. The minimum Gasteiger partial charge on any atom is -0.780 e. The Balaban J connectivity index is 2.08. The van der Waals surface area contributed by atoms with Crippen LogP contribution in [0, 0.1) is 0 Å². The van der Waals surface area contributed by atoms with Gasteiger partial charge in [0.05, 0.1) is 18.4 Å². The summed E-state index contributed by atoms with van der Waals surface area (Å²) in [7, 11) is -3.90. The molecule has 1 amide bonds. The van der Waals surface area contributed by atoms with Crippen LogP contribution in [0.4, 0.5) is 5.69 Å². The van der Waals surface area contributed by atoms with Crippen molar-refractivity contribution in [2.45, 2.75) is 0 Å². The van der Waals surface area contributed by atoms with Crippen LogP contribution in [0.3, 0.4) is 0 Å². The number of hydrogen-bond donors (Lipinski definition) is 1. The average Bonchev–Trinajstić information content (AvgIpc) is 2.60. The van der Waals surface area contributed by atoms with Crippen LogP contribution in [0.25, 0.3) is 10.8 Å². The number of ether oxygens (including phenoxy) is 1. The van der Waals surface area contributed by atoms with Crippen molar-refractivity contribution in [2.24, 2.45) is 0 Å². The van der Waals surface area contributed by atoms with E-state index in [9.17, 15) is 19.1 Å². The van der Waals surface area contributed by atoms with Crippen molar-refractivity contribution in [1.82, 2.24) is 0 Å². The van der Waals surface area contributed by atoms with Crippen molar-refractivity contribution in [2.75, 3.05) is 12.4 Å². The predicted octanol–water partition coefficient (Wildman–Crippen LogP) is 3.07. The van der Waals surface area contributed by atoms with Crippen LogP contribution in [-0.2, 0) is 4.57 Å². The van der Waals surface area contributed by atoms with Crippen molar-refractivity contribution in [3.63, 3.8) is 0 Å².